The predicted molar refractivity (Wildman–Crippen MR) is 63.3 cm³/mol. The molecule has 18 heavy (non-hydrogen) atoms. The molecule has 2 unspecified atom stereocenters. The van der Waals surface area contributed by atoms with Gasteiger partial charge in [-0.2, -0.15) is 0 Å². The third-order valence-electron chi connectivity index (χ3n) is 2.97. The summed E-state index contributed by atoms with van der Waals surface area (Å²) >= 11 is 0. The average molecular weight is 260 g/mol. The Balaban J connectivity index is 2.58. The SMILES string of the molecule is CCC1COCCN1C(=O)NC(CCO)C(=O)O. The smallest absolute Gasteiger partial charge is 0.326 e. The van der Waals surface area contributed by atoms with Crippen molar-refractivity contribution in [2.45, 2.75) is 31.8 Å². The fourth-order valence-electron chi connectivity index (χ4n) is 1.88. The van der Waals surface area contributed by atoms with E-state index in [2.05, 4.69) is 5.32 Å². The molecule has 1 saturated heterocycles. The summed E-state index contributed by atoms with van der Waals surface area (Å²) in [7, 11) is 0. The maximum Gasteiger partial charge on any atom is 0.326 e. The van der Waals surface area contributed by atoms with Crippen LogP contribution in [0.1, 0.15) is 19.8 Å². The molecule has 1 aliphatic heterocycles. The molecule has 1 aliphatic rings. The summed E-state index contributed by atoms with van der Waals surface area (Å²) in [6.07, 6.45) is 0.757. The van der Waals surface area contributed by atoms with Crippen molar-refractivity contribution in [2.75, 3.05) is 26.4 Å². The van der Waals surface area contributed by atoms with Crippen molar-refractivity contribution in [1.82, 2.24) is 10.2 Å². The van der Waals surface area contributed by atoms with Crippen molar-refractivity contribution in [1.29, 1.82) is 0 Å². The number of ether oxygens (including phenoxy) is 1. The van der Waals surface area contributed by atoms with Gasteiger partial charge in [-0.05, 0) is 6.42 Å². The molecule has 0 spiro atoms. The molecule has 0 bridgehead atoms. The highest BCUT2D eigenvalue weighted by atomic mass is 16.5. The second-order valence-corrected chi connectivity index (χ2v) is 4.18. The van der Waals surface area contributed by atoms with Gasteiger partial charge >= 0.3 is 12.0 Å². The second-order valence-electron chi connectivity index (χ2n) is 4.18. The minimum absolute atomic E-state index is 0.00219. The van der Waals surface area contributed by atoms with E-state index < -0.39 is 18.0 Å². The first kappa shape index (κ1) is 14.7. The van der Waals surface area contributed by atoms with E-state index in [-0.39, 0.29) is 19.1 Å². The van der Waals surface area contributed by atoms with Crippen LogP contribution in [0.3, 0.4) is 0 Å². The van der Waals surface area contributed by atoms with Gasteiger partial charge in [-0.15, -0.1) is 0 Å². The molecular formula is C11H20N2O5. The number of amides is 2. The highest BCUT2D eigenvalue weighted by molar-refractivity contribution is 5.82. The first-order valence-corrected chi connectivity index (χ1v) is 6.08. The lowest BCUT2D eigenvalue weighted by molar-refractivity contribution is -0.139. The number of carbonyl (C=O) groups is 2. The average Bonchev–Trinajstić information content (AvgIpc) is 2.37. The number of aliphatic hydroxyl groups is 1. The molecule has 7 heteroatoms. The number of morpholine rings is 1. The Morgan fingerprint density at radius 2 is 2.28 bits per heavy atom. The highest BCUT2D eigenvalue weighted by Gasteiger charge is 2.28. The summed E-state index contributed by atoms with van der Waals surface area (Å²) in [6.45, 7) is 3.05. The number of carboxylic acid groups (broad SMARTS) is 1. The fraction of sp³-hybridized carbons (Fsp3) is 0.818. The van der Waals surface area contributed by atoms with Crippen molar-refractivity contribution in [2.24, 2.45) is 0 Å². The van der Waals surface area contributed by atoms with Gasteiger partial charge in [-0.25, -0.2) is 9.59 Å². The van der Waals surface area contributed by atoms with Crippen molar-refractivity contribution in [3.8, 4) is 0 Å². The molecule has 0 aromatic carbocycles. The van der Waals surface area contributed by atoms with Crippen LogP contribution in [-0.4, -0.2) is 65.6 Å². The van der Waals surface area contributed by atoms with Gasteiger partial charge in [0.15, 0.2) is 0 Å². The van der Waals surface area contributed by atoms with Gasteiger partial charge in [0, 0.05) is 19.6 Å². The Kier molecular flexibility index (Phi) is 5.87. The lowest BCUT2D eigenvalue weighted by atomic mass is 10.2. The highest BCUT2D eigenvalue weighted by Crippen LogP contribution is 2.10. The van der Waals surface area contributed by atoms with E-state index in [1.165, 1.54) is 0 Å². The number of carboxylic acids is 1. The van der Waals surface area contributed by atoms with Crippen LogP contribution >= 0.6 is 0 Å². The van der Waals surface area contributed by atoms with Crippen LogP contribution in [0.25, 0.3) is 0 Å². The third-order valence-corrected chi connectivity index (χ3v) is 2.97. The van der Waals surface area contributed by atoms with E-state index in [0.29, 0.717) is 19.8 Å². The molecule has 2 atom stereocenters. The van der Waals surface area contributed by atoms with Crippen LogP contribution in [0.2, 0.25) is 0 Å². The quantitative estimate of drug-likeness (QED) is 0.627. The summed E-state index contributed by atoms with van der Waals surface area (Å²) in [5.74, 6) is -1.14. The molecule has 7 nitrogen and oxygen atoms in total. The first-order chi connectivity index (χ1) is 8.60. The van der Waals surface area contributed by atoms with E-state index in [9.17, 15) is 9.59 Å². The van der Waals surface area contributed by atoms with Crippen LogP contribution in [0.5, 0.6) is 0 Å². The van der Waals surface area contributed by atoms with Crippen molar-refractivity contribution in [3.63, 3.8) is 0 Å². The van der Waals surface area contributed by atoms with Crippen LogP contribution in [0, 0.1) is 0 Å². The molecule has 0 aromatic heterocycles. The molecular weight excluding hydrogens is 240 g/mol. The zero-order valence-electron chi connectivity index (χ0n) is 10.5. The number of urea groups is 1. The van der Waals surface area contributed by atoms with E-state index in [0.717, 1.165) is 6.42 Å². The Morgan fingerprint density at radius 1 is 1.56 bits per heavy atom. The van der Waals surface area contributed by atoms with Crippen LogP contribution < -0.4 is 5.32 Å². The maximum absolute atomic E-state index is 12.0. The number of rotatable bonds is 5. The molecule has 1 heterocycles. The Morgan fingerprint density at radius 3 is 2.83 bits per heavy atom. The maximum atomic E-state index is 12.0. The number of nitrogens with zero attached hydrogens (tertiary/aromatic N) is 1. The van der Waals surface area contributed by atoms with E-state index in [1.807, 2.05) is 6.92 Å². The van der Waals surface area contributed by atoms with E-state index in [4.69, 9.17) is 14.9 Å². The molecule has 2 amide bonds. The van der Waals surface area contributed by atoms with Gasteiger partial charge in [0.2, 0.25) is 0 Å². The first-order valence-electron chi connectivity index (χ1n) is 6.08. The Labute approximate surface area is 106 Å². The zero-order chi connectivity index (χ0) is 13.5. The van der Waals surface area contributed by atoms with Crippen LogP contribution in [-0.2, 0) is 9.53 Å². The molecule has 0 aromatic rings. The van der Waals surface area contributed by atoms with Crippen molar-refractivity contribution < 1.29 is 24.5 Å². The molecule has 0 saturated carbocycles. The normalized spacial score (nSPS) is 21.4. The van der Waals surface area contributed by atoms with Gasteiger partial charge in [-0.3, -0.25) is 0 Å². The molecule has 104 valence electrons. The summed E-state index contributed by atoms with van der Waals surface area (Å²) in [6, 6.07) is -1.49. The minimum atomic E-state index is -1.14. The topological polar surface area (TPSA) is 99.1 Å². The Bertz CT molecular complexity index is 297. The van der Waals surface area contributed by atoms with Crippen molar-refractivity contribution in [3.05, 3.63) is 0 Å². The summed E-state index contributed by atoms with van der Waals surface area (Å²) < 4.78 is 5.28. The largest absolute Gasteiger partial charge is 0.480 e. The molecule has 0 aliphatic carbocycles. The summed E-state index contributed by atoms with van der Waals surface area (Å²) in [5, 5.41) is 20.1. The zero-order valence-corrected chi connectivity index (χ0v) is 10.5. The lowest BCUT2D eigenvalue weighted by Crippen LogP contribution is -2.55. The van der Waals surface area contributed by atoms with E-state index >= 15 is 0 Å². The summed E-state index contributed by atoms with van der Waals surface area (Å²) in [4.78, 5) is 24.5. The Hall–Kier alpha value is -1.34. The third kappa shape index (κ3) is 3.85. The number of hydrogen-bond donors (Lipinski definition) is 3. The minimum Gasteiger partial charge on any atom is -0.480 e. The number of aliphatic hydroxyl groups excluding tert-OH is 1. The molecule has 0 radical (unpaired) electrons. The standard InChI is InChI=1S/C11H20N2O5/c1-2-8-7-18-6-4-13(8)11(17)12-9(3-5-14)10(15)16/h8-9,14H,2-7H2,1H3,(H,12,17)(H,15,16). The monoisotopic (exact) mass is 260 g/mol. The van der Waals surface area contributed by atoms with E-state index in [1.54, 1.807) is 4.90 Å². The van der Waals surface area contributed by atoms with Gasteiger partial charge in [0.1, 0.15) is 6.04 Å². The van der Waals surface area contributed by atoms with Gasteiger partial charge in [0.05, 0.1) is 19.3 Å². The lowest BCUT2D eigenvalue weighted by Gasteiger charge is -2.35. The van der Waals surface area contributed by atoms with Crippen LogP contribution in [0.15, 0.2) is 0 Å². The molecule has 3 N–H and O–H groups in total. The van der Waals surface area contributed by atoms with Gasteiger partial charge in [0.25, 0.3) is 0 Å². The van der Waals surface area contributed by atoms with Crippen LogP contribution in [0.4, 0.5) is 4.79 Å². The number of nitrogens with one attached hydrogen (secondary N) is 1. The molecule has 1 fully saturated rings. The number of carbonyl (C=O) groups excluding carboxylic acids is 1. The molecule has 1 rings (SSSR count). The summed E-state index contributed by atoms with van der Waals surface area (Å²) in [5.41, 5.74) is 0. The van der Waals surface area contributed by atoms with Gasteiger partial charge in [-0.1, -0.05) is 6.92 Å². The predicted octanol–water partition coefficient (Wildman–Crippen LogP) is -0.358. The van der Waals surface area contributed by atoms with Crippen molar-refractivity contribution >= 4 is 12.0 Å². The van der Waals surface area contributed by atoms with Gasteiger partial charge < -0.3 is 25.2 Å². The number of aliphatic carboxylic acids is 1. The number of hydrogen-bond acceptors (Lipinski definition) is 4. The fourth-order valence-corrected chi connectivity index (χ4v) is 1.88. The second kappa shape index (κ2) is 7.17.